The SMILES string of the molecule is O=C(COc1ccc(Br)cc1Br)Nc1ccc(C(=O)O)s1. The van der Waals surface area contributed by atoms with E-state index in [0.717, 1.165) is 20.3 Å². The van der Waals surface area contributed by atoms with Crippen molar-refractivity contribution in [2.24, 2.45) is 0 Å². The van der Waals surface area contributed by atoms with Crippen LogP contribution in [0.5, 0.6) is 5.75 Å². The second-order valence-electron chi connectivity index (χ2n) is 3.88. The quantitative estimate of drug-likeness (QED) is 0.745. The van der Waals surface area contributed by atoms with E-state index in [9.17, 15) is 9.59 Å². The number of carboxylic acid groups (broad SMARTS) is 1. The predicted octanol–water partition coefficient (Wildman–Crippen LogP) is 3.99. The van der Waals surface area contributed by atoms with Crippen LogP contribution >= 0.6 is 43.2 Å². The van der Waals surface area contributed by atoms with Crippen molar-refractivity contribution in [2.75, 3.05) is 11.9 Å². The second kappa shape index (κ2) is 7.06. The highest BCUT2D eigenvalue weighted by Crippen LogP contribution is 2.28. The lowest BCUT2D eigenvalue weighted by Gasteiger charge is -2.08. The van der Waals surface area contributed by atoms with E-state index < -0.39 is 5.97 Å². The molecule has 0 atom stereocenters. The minimum atomic E-state index is -1.02. The average molecular weight is 435 g/mol. The molecule has 0 aliphatic rings. The van der Waals surface area contributed by atoms with Gasteiger partial charge in [0, 0.05) is 4.47 Å². The van der Waals surface area contributed by atoms with Crippen LogP contribution in [0.25, 0.3) is 0 Å². The Morgan fingerprint density at radius 3 is 2.62 bits per heavy atom. The Morgan fingerprint density at radius 2 is 2.00 bits per heavy atom. The van der Waals surface area contributed by atoms with Gasteiger partial charge in [0.1, 0.15) is 10.6 Å². The highest BCUT2D eigenvalue weighted by atomic mass is 79.9. The van der Waals surface area contributed by atoms with E-state index >= 15 is 0 Å². The maximum atomic E-state index is 11.7. The molecule has 0 fully saturated rings. The molecule has 2 rings (SSSR count). The fraction of sp³-hybridized carbons (Fsp3) is 0.0769. The average Bonchev–Trinajstić information content (AvgIpc) is 2.86. The molecule has 0 aliphatic carbocycles. The molecule has 1 aromatic heterocycles. The Bertz CT molecular complexity index is 687. The zero-order valence-electron chi connectivity index (χ0n) is 10.4. The van der Waals surface area contributed by atoms with Crippen LogP contribution < -0.4 is 10.1 Å². The Hall–Kier alpha value is -1.38. The van der Waals surface area contributed by atoms with Crippen molar-refractivity contribution >= 4 is 60.1 Å². The summed E-state index contributed by atoms with van der Waals surface area (Å²) >= 11 is 7.65. The molecular weight excluding hydrogens is 426 g/mol. The predicted molar refractivity (Wildman–Crippen MR) is 87.2 cm³/mol. The number of hydrogen-bond acceptors (Lipinski definition) is 4. The first kappa shape index (κ1) is 16.0. The van der Waals surface area contributed by atoms with Gasteiger partial charge in [-0.15, -0.1) is 11.3 Å². The largest absolute Gasteiger partial charge is 0.483 e. The van der Waals surface area contributed by atoms with Crippen LogP contribution in [0.1, 0.15) is 9.67 Å². The van der Waals surface area contributed by atoms with Crippen LogP contribution in [-0.2, 0) is 4.79 Å². The van der Waals surface area contributed by atoms with Crippen molar-refractivity contribution in [1.82, 2.24) is 0 Å². The van der Waals surface area contributed by atoms with Gasteiger partial charge < -0.3 is 15.2 Å². The number of halogens is 2. The molecule has 2 N–H and O–H groups in total. The number of hydrogen-bond donors (Lipinski definition) is 2. The fourth-order valence-corrected chi connectivity index (χ4v) is 3.35. The summed E-state index contributed by atoms with van der Waals surface area (Å²) in [6, 6.07) is 8.33. The first-order chi connectivity index (χ1) is 9.95. The lowest BCUT2D eigenvalue weighted by Crippen LogP contribution is -2.19. The van der Waals surface area contributed by atoms with Gasteiger partial charge in [0.25, 0.3) is 5.91 Å². The number of ether oxygens (including phenoxy) is 1. The van der Waals surface area contributed by atoms with E-state index in [0.29, 0.717) is 10.8 Å². The van der Waals surface area contributed by atoms with Gasteiger partial charge in [-0.25, -0.2) is 4.79 Å². The molecule has 8 heteroatoms. The summed E-state index contributed by atoms with van der Waals surface area (Å²) in [5.74, 6) is -0.829. The maximum absolute atomic E-state index is 11.7. The summed E-state index contributed by atoms with van der Waals surface area (Å²) in [5, 5.41) is 11.9. The minimum absolute atomic E-state index is 0.166. The summed E-state index contributed by atoms with van der Waals surface area (Å²) in [7, 11) is 0. The fourth-order valence-electron chi connectivity index (χ4n) is 1.43. The molecule has 5 nitrogen and oxygen atoms in total. The standard InChI is InChI=1S/C13H9Br2NO4S/c14-7-1-2-9(8(15)5-7)20-6-11(17)16-12-4-3-10(21-12)13(18)19/h1-5H,6H2,(H,16,17)(H,18,19). The van der Waals surface area contributed by atoms with Gasteiger partial charge >= 0.3 is 5.97 Å². The molecule has 1 heterocycles. The third-order valence-corrected chi connectivity index (χ3v) is 4.43. The van der Waals surface area contributed by atoms with Crippen molar-refractivity contribution in [3.8, 4) is 5.75 Å². The van der Waals surface area contributed by atoms with Crippen molar-refractivity contribution in [2.45, 2.75) is 0 Å². The lowest BCUT2D eigenvalue weighted by atomic mass is 10.3. The molecular formula is C13H9Br2NO4S. The Labute approximate surface area is 141 Å². The number of carboxylic acids is 1. The Balaban J connectivity index is 1.91. The highest BCUT2D eigenvalue weighted by Gasteiger charge is 2.10. The molecule has 110 valence electrons. The van der Waals surface area contributed by atoms with E-state index in [1.54, 1.807) is 18.2 Å². The van der Waals surface area contributed by atoms with Gasteiger partial charge in [-0.2, -0.15) is 0 Å². The van der Waals surface area contributed by atoms with Crippen LogP contribution in [-0.4, -0.2) is 23.6 Å². The van der Waals surface area contributed by atoms with E-state index in [1.807, 2.05) is 6.07 Å². The molecule has 0 saturated heterocycles. The number of anilines is 1. The number of amides is 1. The Kier molecular flexibility index (Phi) is 5.38. The Morgan fingerprint density at radius 1 is 1.24 bits per heavy atom. The van der Waals surface area contributed by atoms with Gasteiger partial charge in [0.05, 0.1) is 9.47 Å². The zero-order valence-corrected chi connectivity index (χ0v) is 14.4. The molecule has 0 unspecified atom stereocenters. The second-order valence-corrected chi connectivity index (χ2v) is 6.73. The van der Waals surface area contributed by atoms with Gasteiger partial charge in [-0.1, -0.05) is 15.9 Å². The number of carbonyl (C=O) groups is 2. The smallest absolute Gasteiger partial charge is 0.345 e. The van der Waals surface area contributed by atoms with Crippen molar-refractivity contribution < 1.29 is 19.4 Å². The third-order valence-electron chi connectivity index (χ3n) is 2.33. The topological polar surface area (TPSA) is 75.6 Å². The van der Waals surface area contributed by atoms with E-state index in [2.05, 4.69) is 37.2 Å². The maximum Gasteiger partial charge on any atom is 0.345 e. The number of thiophene rings is 1. The van der Waals surface area contributed by atoms with Gasteiger partial charge in [0.2, 0.25) is 0 Å². The van der Waals surface area contributed by atoms with Crippen molar-refractivity contribution in [3.63, 3.8) is 0 Å². The summed E-state index contributed by atoms with van der Waals surface area (Å²) in [4.78, 5) is 22.6. The lowest BCUT2D eigenvalue weighted by molar-refractivity contribution is -0.118. The van der Waals surface area contributed by atoms with Gasteiger partial charge in [0.15, 0.2) is 6.61 Å². The van der Waals surface area contributed by atoms with E-state index in [1.165, 1.54) is 6.07 Å². The van der Waals surface area contributed by atoms with Crippen molar-refractivity contribution in [1.29, 1.82) is 0 Å². The summed E-state index contributed by atoms with van der Waals surface area (Å²) in [6.45, 7) is -0.166. The normalized spacial score (nSPS) is 10.2. The van der Waals surface area contributed by atoms with Crippen molar-refractivity contribution in [3.05, 3.63) is 44.2 Å². The first-order valence-electron chi connectivity index (χ1n) is 5.66. The van der Waals surface area contributed by atoms with Crippen LogP contribution in [0.3, 0.4) is 0 Å². The molecule has 2 aromatic rings. The molecule has 0 saturated carbocycles. The van der Waals surface area contributed by atoms with Crippen LogP contribution in [0.15, 0.2) is 39.3 Å². The third kappa shape index (κ3) is 4.55. The van der Waals surface area contributed by atoms with Crippen LogP contribution in [0.4, 0.5) is 5.00 Å². The first-order valence-corrected chi connectivity index (χ1v) is 8.07. The van der Waals surface area contributed by atoms with Crippen LogP contribution in [0, 0.1) is 0 Å². The zero-order chi connectivity index (χ0) is 15.4. The molecule has 0 radical (unpaired) electrons. The number of rotatable bonds is 5. The molecule has 0 spiro atoms. The molecule has 1 aromatic carbocycles. The molecule has 21 heavy (non-hydrogen) atoms. The summed E-state index contributed by atoms with van der Waals surface area (Å²) in [5.41, 5.74) is 0. The van der Waals surface area contributed by atoms with Crippen LogP contribution in [0.2, 0.25) is 0 Å². The number of nitrogens with one attached hydrogen (secondary N) is 1. The van der Waals surface area contributed by atoms with E-state index in [-0.39, 0.29) is 17.4 Å². The summed E-state index contributed by atoms with van der Waals surface area (Å²) in [6.07, 6.45) is 0. The monoisotopic (exact) mass is 433 g/mol. The minimum Gasteiger partial charge on any atom is -0.483 e. The molecule has 0 aliphatic heterocycles. The van der Waals surface area contributed by atoms with E-state index in [4.69, 9.17) is 9.84 Å². The van der Waals surface area contributed by atoms with Gasteiger partial charge in [-0.05, 0) is 46.3 Å². The molecule has 1 amide bonds. The van der Waals surface area contributed by atoms with Gasteiger partial charge in [-0.3, -0.25) is 4.79 Å². The summed E-state index contributed by atoms with van der Waals surface area (Å²) < 4.78 is 7.01. The number of carbonyl (C=O) groups excluding carboxylic acids is 1. The molecule has 0 bridgehead atoms. The highest BCUT2D eigenvalue weighted by molar-refractivity contribution is 9.11. The number of benzene rings is 1. The number of aromatic carboxylic acids is 1.